The van der Waals surface area contributed by atoms with Gasteiger partial charge in [0.25, 0.3) is 0 Å². The van der Waals surface area contributed by atoms with Gasteiger partial charge in [0, 0.05) is 11.5 Å². The lowest BCUT2D eigenvalue weighted by Crippen LogP contribution is -2.12. The molecule has 0 bridgehead atoms. The molecule has 2 aliphatic carbocycles. The first kappa shape index (κ1) is 15.4. The maximum absolute atomic E-state index is 3.65. The lowest BCUT2D eigenvalue weighted by molar-refractivity contribution is 0.526. The van der Waals surface area contributed by atoms with Gasteiger partial charge in [0.15, 0.2) is 0 Å². The molecule has 0 heteroatoms. The average molecular weight is 292 g/mol. The summed E-state index contributed by atoms with van der Waals surface area (Å²) in [6.45, 7) is 4.57. The minimum absolute atomic E-state index is 0.612. The molecule has 22 heavy (non-hydrogen) atoms. The second kappa shape index (κ2) is 7.16. The van der Waals surface area contributed by atoms with Crippen LogP contribution in [0.4, 0.5) is 0 Å². The molecule has 0 spiro atoms. The monoisotopic (exact) mass is 292 g/mol. The number of hydrogen-bond donors (Lipinski definition) is 0. The quantitative estimate of drug-likeness (QED) is 0.451. The van der Waals surface area contributed by atoms with E-state index in [9.17, 15) is 0 Å². The lowest BCUT2D eigenvalue weighted by Gasteiger charge is -2.28. The zero-order valence-corrected chi connectivity index (χ0v) is 14.1. The maximum Gasteiger partial charge on any atom is 0.0127 e. The van der Waals surface area contributed by atoms with Gasteiger partial charge in [0.1, 0.15) is 0 Å². The van der Waals surface area contributed by atoms with E-state index in [-0.39, 0.29) is 0 Å². The standard InChI is InChI=1S/C22H28/c1-17(2)16-18-12-14-20(15-13-18)22-10-5-3-4-8-19-9-6-7-11-21(19)22/h5,8,12-15,17,21H,3-4,6-7,9,11,16H2,1-2H3. The highest BCUT2D eigenvalue weighted by atomic mass is 14.3. The molecule has 1 saturated carbocycles. The van der Waals surface area contributed by atoms with Crippen LogP contribution >= 0.6 is 0 Å². The number of rotatable bonds is 3. The van der Waals surface area contributed by atoms with E-state index in [1.54, 1.807) is 5.57 Å². The second-order valence-electron chi connectivity index (χ2n) is 7.21. The molecule has 0 aromatic heterocycles. The molecule has 1 fully saturated rings. The van der Waals surface area contributed by atoms with Crippen molar-refractivity contribution in [2.24, 2.45) is 11.8 Å². The average Bonchev–Trinajstić information content (AvgIpc) is 2.49. The molecule has 0 aliphatic heterocycles. The molecule has 0 radical (unpaired) electrons. The third kappa shape index (κ3) is 3.62. The predicted molar refractivity (Wildman–Crippen MR) is 95.7 cm³/mol. The summed E-state index contributed by atoms with van der Waals surface area (Å²) in [5.74, 6) is 1.33. The van der Waals surface area contributed by atoms with Crippen LogP contribution in [0.25, 0.3) is 5.57 Å². The molecule has 0 heterocycles. The van der Waals surface area contributed by atoms with Crippen LogP contribution in [0.2, 0.25) is 0 Å². The van der Waals surface area contributed by atoms with Crippen molar-refractivity contribution in [2.45, 2.75) is 58.8 Å². The molecule has 1 aromatic rings. The summed E-state index contributed by atoms with van der Waals surface area (Å²) in [5, 5.41) is 0. The molecular formula is C22H28. The summed E-state index contributed by atoms with van der Waals surface area (Å²) in [6.07, 6.45) is 13.6. The minimum Gasteiger partial charge on any atom is -0.120 e. The van der Waals surface area contributed by atoms with E-state index in [2.05, 4.69) is 56.0 Å². The van der Waals surface area contributed by atoms with Crippen LogP contribution in [0.1, 0.15) is 63.5 Å². The van der Waals surface area contributed by atoms with E-state index in [4.69, 9.17) is 0 Å². The Morgan fingerprint density at radius 1 is 1.09 bits per heavy atom. The van der Waals surface area contributed by atoms with Gasteiger partial charge in [-0.15, -0.1) is 5.73 Å². The second-order valence-corrected chi connectivity index (χ2v) is 7.21. The fourth-order valence-corrected chi connectivity index (χ4v) is 3.82. The molecule has 1 unspecified atom stereocenters. The van der Waals surface area contributed by atoms with Crippen LogP contribution in [0.3, 0.4) is 0 Å². The summed E-state index contributed by atoms with van der Waals surface area (Å²) in [5.41, 5.74) is 9.59. The van der Waals surface area contributed by atoms with Crippen LogP contribution in [0.5, 0.6) is 0 Å². The van der Waals surface area contributed by atoms with Crippen molar-refractivity contribution in [3.8, 4) is 0 Å². The highest BCUT2D eigenvalue weighted by Crippen LogP contribution is 2.39. The Labute approximate surface area is 135 Å². The molecule has 0 saturated heterocycles. The lowest BCUT2D eigenvalue weighted by atomic mass is 9.76. The van der Waals surface area contributed by atoms with Gasteiger partial charge in [0.05, 0.1) is 0 Å². The smallest absolute Gasteiger partial charge is 0.0127 e. The maximum atomic E-state index is 3.65. The Bertz CT molecular complexity index is 591. The molecule has 1 aromatic carbocycles. The molecule has 0 nitrogen and oxygen atoms in total. The van der Waals surface area contributed by atoms with Gasteiger partial charge < -0.3 is 0 Å². The third-order valence-corrected chi connectivity index (χ3v) is 4.89. The third-order valence-electron chi connectivity index (χ3n) is 4.89. The number of hydrogen-bond acceptors (Lipinski definition) is 0. The van der Waals surface area contributed by atoms with Crippen molar-refractivity contribution in [3.05, 3.63) is 58.8 Å². The van der Waals surface area contributed by atoms with E-state index in [1.807, 2.05) is 0 Å². The van der Waals surface area contributed by atoms with Gasteiger partial charge in [-0.05, 0) is 61.6 Å². The summed E-state index contributed by atoms with van der Waals surface area (Å²) < 4.78 is 0. The van der Waals surface area contributed by atoms with Crippen LogP contribution in [-0.4, -0.2) is 0 Å². The van der Waals surface area contributed by atoms with Crippen LogP contribution in [0.15, 0.2) is 47.7 Å². The van der Waals surface area contributed by atoms with Gasteiger partial charge in [-0.3, -0.25) is 0 Å². The first-order valence-electron chi connectivity index (χ1n) is 8.97. The molecule has 3 rings (SSSR count). The van der Waals surface area contributed by atoms with Gasteiger partial charge >= 0.3 is 0 Å². The molecule has 2 aliphatic rings. The van der Waals surface area contributed by atoms with Crippen molar-refractivity contribution in [3.63, 3.8) is 0 Å². The van der Waals surface area contributed by atoms with E-state index in [0.29, 0.717) is 5.92 Å². The Morgan fingerprint density at radius 3 is 2.68 bits per heavy atom. The van der Waals surface area contributed by atoms with Crippen LogP contribution < -0.4 is 0 Å². The summed E-state index contributed by atoms with van der Waals surface area (Å²) in [4.78, 5) is 0. The topological polar surface area (TPSA) is 0 Å². The number of benzene rings is 1. The summed E-state index contributed by atoms with van der Waals surface area (Å²) in [7, 11) is 0. The Morgan fingerprint density at radius 2 is 1.91 bits per heavy atom. The van der Waals surface area contributed by atoms with Crippen molar-refractivity contribution in [1.82, 2.24) is 0 Å². The van der Waals surface area contributed by atoms with Crippen LogP contribution in [0, 0.1) is 11.8 Å². The predicted octanol–water partition coefficient (Wildman–Crippen LogP) is 6.33. The van der Waals surface area contributed by atoms with Gasteiger partial charge in [-0.2, -0.15) is 0 Å². The molecule has 1 atom stereocenters. The zero-order valence-electron chi connectivity index (χ0n) is 14.1. The Hall–Kier alpha value is -1.52. The normalized spacial score (nSPS) is 21.7. The van der Waals surface area contributed by atoms with E-state index >= 15 is 0 Å². The Balaban J connectivity index is 1.90. The fourth-order valence-electron chi connectivity index (χ4n) is 3.82. The van der Waals surface area contributed by atoms with Crippen molar-refractivity contribution < 1.29 is 0 Å². The van der Waals surface area contributed by atoms with E-state index < -0.39 is 0 Å². The van der Waals surface area contributed by atoms with Crippen molar-refractivity contribution >= 4 is 5.57 Å². The highest BCUT2D eigenvalue weighted by Gasteiger charge is 2.23. The number of allylic oxidation sites excluding steroid dienone is 3. The van der Waals surface area contributed by atoms with Crippen LogP contribution in [-0.2, 0) is 6.42 Å². The minimum atomic E-state index is 0.612. The van der Waals surface area contributed by atoms with Crippen molar-refractivity contribution in [2.75, 3.05) is 0 Å². The highest BCUT2D eigenvalue weighted by molar-refractivity contribution is 5.70. The molecule has 0 N–H and O–H groups in total. The van der Waals surface area contributed by atoms with Gasteiger partial charge in [-0.25, -0.2) is 0 Å². The first-order valence-corrected chi connectivity index (χ1v) is 8.97. The fraction of sp³-hybridized carbons (Fsp3) is 0.500. The molecular weight excluding hydrogens is 264 g/mol. The van der Waals surface area contributed by atoms with Crippen molar-refractivity contribution in [1.29, 1.82) is 0 Å². The first-order chi connectivity index (χ1) is 10.7. The number of fused-ring (bicyclic) bond motifs is 1. The zero-order chi connectivity index (χ0) is 15.4. The largest absolute Gasteiger partial charge is 0.120 e. The van der Waals surface area contributed by atoms with E-state index in [1.165, 1.54) is 55.2 Å². The summed E-state index contributed by atoms with van der Waals surface area (Å²) in [6, 6.07) is 9.27. The summed E-state index contributed by atoms with van der Waals surface area (Å²) >= 11 is 0. The van der Waals surface area contributed by atoms with Gasteiger partial charge in [-0.1, -0.05) is 56.2 Å². The van der Waals surface area contributed by atoms with E-state index in [0.717, 1.165) is 12.3 Å². The Kier molecular flexibility index (Phi) is 5.01. The van der Waals surface area contributed by atoms with Gasteiger partial charge in [0.2, 0.25) is 0 Å². The molecule has 0 amide bonds. The molecule has 116 valence electrons. The SMILES string of the molecule is CC(C)Cc1ccc(C2=C=CCCC=C3CCCCC23)cc1.